The maximum atomic E-state index is 11.6. The van der Waals surface area contributed by atoms with Gasteiger partial charge in [-0.05, 0) is 49.2 Å². The molecule has 28 heavy (non-hydrogen) atoms. The Morgan fingerprint density at radius 1 is 0.643 bits per heavy atom. The lowest BCUT2D eigenvalue weighted by atomic mass is 10.2. The van der Waals surface area contributed by atoms with Crippen LogP contribution in [0, 0.1) is 13.8 Å². The molecule has 5 N–H and O–H groups in total. The predicted molar refractivity (Wildman–Crippen MR) is 99.0 cm³/mol. The minimum atomic E-state index is -4.78. The van der Waals surface area contributed by atoms with E-state index in [0.29, 0.717) is 0 Å². The van der Waals surface area contributed by atoms with Crippen LogP contribution >= 0.6 is 0 Å². The van der Waals surface area contributed by atoms with Crippen LogP contribution in [-0.2, 0) is 30.4 Å². The van der Waals surface area contributed by atoms with Gasteiger partial charge in [0, 0.05) is 0 Å². The zero-order chi connectivity index (χ0) is 21.5. The summed E-state index contributed by atoms with van der Waals surface area (Å²) >= 11 is 0. The Hall–Kier alpha value is -2.23. The van der Waals surface area contributed by atoms with Crippen molar-refractivity contribution in [2.75, 3.05) is 10.9 Å². The van der Waals surface area contributed by atoms with E-state index >= 15 is 0 Å². The topological polar surface area (TPSA) is 187 Å². The van der Waals surface area contributed by atoms with Crippen LogP contribution in [0.1, 0.15) is 11.1 Å². The van der Waals surface area contributed by atoms with Gasteiger partial charge in [-0.2, -0.15) is 25.3 Å². The molecule has 14 heteroatoms. The van der Waals surface area contributed by atoms with E-state index < -0.39 is 50.7 Å². The van der Waals surface area contributed by atoms with Gasteiger partial charge >= 0.3 is 0 Å². The number of hydrogen-bond acceptors (Lipinski definition) is 8. The Balaban J connectivity index is 2.52. The number of rotatable bonds is 6. The molecule has 0 aliphatic carbocycles. The second-order valence-electron chi connectivity index (χ2n) is 5.77. The fraction of sp³-hybridized carbons (Fsp3) is 0.143. The first kappa shape index (κ1) is 22.1. The van der Waals surface area contributed by atoms with E-state index in [0.717, 1.165) is 18.2 Å². The van der Waals surface area contributed by atoms with Crippen LogP contribution in [0.25, 0.3) is 0 Å². The lowest BCUT2D eigenvalue weighted by molar-refractivity contribution is 0.478. The minimum absolute atomic E-state index is 0.0634. The molecule has 0 aromatic heterocycles. The smallest absolute Gasteiger partial charge is 0.296 e. The van der Waals surface area contributed by atoms with Crippen molar-refractivity contribution in [1.29, 1.82) is 0 Å². The summed E-state index contributed by atoms with van der Waals surface area (Å²) in [6.07, 6.45) is 0. The van der Waals surface area contributed by atoms with Crippen molar-refractivity contribution in [3.63, 3.8) is 0 Å². The first-order valence-corrected chi connectivity index (χ1v) is 11.6. The summed E-state index contributed by atoms with van der Waals surface area (Å²) in [6.45, 7) is 2.66. The number of nitrogens with one attached hydrogen (secondary N) is 2. The molecule has 0 amide bonds. The summed E-state index contributed by atoms with van der Waals surface area (Å²) in [5, 5.41) is 0. The Labute approximate surface area is 161 Å². The standard InChI is InChI=1S/C14H16N2O9S3/c1-8-3-4-10(6-12(8)26(17,18)19)15-16-11-7-13(27(20,21)22)9(2)5-14(11)28(23,24)25/h3-7,15-16H,1-2H3,(H,17,18,19)(H,20,21,22)(H,23,24,25). The zero-order valence-electron chi connectivity index (χ0n) is 14.4. The molecule has 0 unspecified atom stereocenters. The lowest BCUT2D eigenvalue weighted by Gasteiger charge is -2.15. The number of hydrogen-bond donors (Lipinski definition) is 5. The Morgan fingerprint density at radius 2 is 1.14 bits per heavy atom. The summed E-state index contributed by atoms with van der Waals surface area (Å²) < 4.78 is 96.5. The first-order chi connectivity index (χ1) is 12.6. The summed E-state index contributed by atoms with van der Waals surface area (Å²) in [5.74, 6) is 0. The second-order valence-corrected chi connectivity index (χ2v) is 9.94. The second kappa shape index (κ2) is 7.31. The van der Waals surface area contributed by atoms with Crippen LogP contribution in [-0.4, -0.2) is 38.9 Å². The largest absolute Gasteiger partial charge is 0.301 e. The number of anilines is 2. The Bertz CT molecular complexity index is 1250. The molecule has 2 aromatic carbocycles. The SMILES string of the molecule is Cc1ccc(NNc2cc(S(=O)(=O)O)c(C)cc2S(=O)(=O)O)cc1S(=O)(=O)O. The first-order valence-electron chi connectivity index (χ1n) is 7.30. The maximum Gasteiger partial charge on any atom is 0.296 e. The average Bonchev–Trinajstić information content (AvgIpc) is 2.51. The Kier molecular flexibility index (Phi) is 5.76. The molecule has 0 bridgehead atoms. The van der Waals surface area contributed by atoms with E-state index in [-0.39, 0.29) is 16.8 Å². The molecular formula is C14H16N2O9S3. The summed E-state index contributed by atoms with van der Waals surface area (Å²) in [7, 11) is -14.0. The van der Waals surface area contributed by atoms with Gasteiger partial charge < -0.3 is 5.43 Å². The van der Waals surface area contributed by atoms with Gasteiger partial charge in [0.15, 0.2) is 0 Å². The number of aryl methyl sites for hydroxylation is 2. The van der Waals surface area contributed by atoms with E-state index in [2.05, 4.69) is 10.9 Å². The highest BCUT2D eigenvalue weighted by Gasteiger charge is 2.22. The molecule has 2 rings (SSSR count). The molecule has 154 valence electrons. The molecule has 0 radical (unpaired) electrons. The van der Waals surface area contributed by atoms with E-state index in [1.165, 1.54) is 26.0 Å². The zero-order valence-corrected chi connectivity index (χ0v) is 16.9. The van der Waals surface area contributed by atoms with Crippen molar-refractivity contribution < 1.29 is 38.9 Å². The van der Waals surface area contributed by atoms with Crippen molar-refractivity contribution in [2.24, 2.45) is 0 Å². The number of hydrazine groups is 1. The normalized spacial score (nSPS) is 12.6. The van der Waals surface area contributed by atoms with E-state index in [1.807, 2.05) is 0 Å². The molecule has 11 nitrogen and oxygen atoms in total. The third kappa shape index (κ3) is 4.98. The van der Waals surface area contributed by atoms with Crippen LogP contribution in [0.15, 0.2) is 45.0 Å². The summed E-state index contributed by atoms with van der Waals surface area (Å²) in [5.41, 5.74) is 4.51. The Morgan fingerprint density at radius 3 is 1.64 bits per heavy atom. The molecule has 0 atom stereocenters. The third-order valence-electron chi connectivity index (χ3n) is 3.64. The molecule has 0 saturated heterocycles. The van der Waals surface area contributed by atoms with E-state index in [1.54, 1.807) is 0 Å². The van der Waals surface area contributed by atoms with Gasteiger partial charge in [0.2, 0.25) is 0 Å². The predicted octanol–water partition coefficient (Wildman–Crippen LogP) is 1.48. The van der Waals surface area contributed by atoms with Crippen LogP contribution in [0.5, 0.6) is 0 Å². The highest BCUT2D eigenvalue weighted by Crippen LogP contribution is 2.29. The van der Waals surface area contributed by atoms with Crippen molar-refractivity contribution >= 4 is 41.7 Å². The maximum absolute atomic E-state index is 11.6. The number of benzene rings is 2. The fourth-order valence-corrected chi connectivity index (χ4v) is 4.54. The van der Waals surface area contributed by atoms with Gasteiger partial charge in [-0.15, -0.1) is 0 Å². The lowest BCUT2D eigenvalue weighted by Crippen LogP contribution is -2.15. The molecule has 0 spiro atoms. The molecule has 0 fully saturated rings. The third-order valence-corrected chi connectivity index (χ3v) is 6.53. The molecule has 0 saturated carbocycles. The van der Waals surface area contributed by atoms with Crippen LogP contribution in [0.3, 0.4) is 0 Å². The highest BCUT2D eigenvalue weighted by molar-refractivity contribution is 7.86. The van der Waals surface area contributed by atoms with Gasteiger partial charge in [-0.25, -0.2) is 0 Å². The molecule has 0 aliphatic rings. The van der Waals surface area contributed by atoms with Crippen LogP contribution in [0.4, 0.5) is 11.4 Å². The summed E-state index contributed by atoms with van der Waals surface area (Å²) in [4.78, 5) is -1.70. The quantitative estimate of drug-likeness (QED) is 0.315. The molecular weight excluding hydrogens is 436 g/mol. The van der Waals surface area contributed by atoms with Crippen molar-refractivity contribution in [1.82, 2.24) is 0 Å². The molecule has 0 heterocycles. The minimum Gasteiger partial charge on any atom is -0.301 e. The van der Waals surface area contributed by atoms with Crippen molar-refractivity contribution in [2.45, 2.75) is 28.5 Å². The highest BCUT2D eigenvalue weighted by atomic mass is 32.2. The molecule has 2 aromatic rings. The van der Waals surface area contributed by atoms with Crippen molar-refractivity contribution in [3.05, 3.63) is 41.5 Å². The van der Waals surface area contributed by atoms with Gasteiger partial charge in [-0.3, -0.25) is 19.1 Å². The van der Waals surface area contributed by atoms with E-state index in [9.17, 15) is 38.9 Å². The van der Waals surface area contributed by atoms with Gasteiger partial charge in [0.05, 0.1) is 21.2 Å². The van der Waals surface area contributed by atoms with Crippen LogP contribution < -0.4 is 10.9 Å². The van der Waals surface area contributed by atoms with Gasteiger partial charge in [0.1, 0.15) is 4.90 Å². The van der Waals surface area contributed by atoms with Crippen molar-refractivity contribution in [3.8, 4) is 0 Å². The molecule has 0 aliphatic heterocycles. The summed E-state index contributed by atoms with van der Waals surface area (Å²) in [6, 6.07) is 5.40. The van der Waals surface area contributed by atoms with Gasteiger partial charge in [-0.1, -0.05) is 6.07 Å². The monoisotopic (exact) mass is 452 g/mol. The average molecular weight is 452 g/mol. The van der Waals surface area contributed by atoms with E-state index in [4.69, 9.17) is 0 Å². The fourth-order valence-electron chi connectivity index (χ4n) is 2.35. The van der Waals surface area contributed by atoms with Crippen LogP contribution in [0.2, 0.25) is 0 Å². The van der Waals surface area contributed by atoms with Gasteiger partial charge in [0.25, 0.3) is 30.4 Å².